The van der Waals surface area contributed by atoms with Gasteiger partial charge in [0.15, 0.2) is 5.78 Å². The van der Waals surface area contributed by atoms with Crippen LogP contribution >= 0.6 is 0 Å². The number of carbonyl (C=O) groups excluding carboxylic acids is 2. The van der Waals surface area contributed by atoms with Crippen LogP contribution in [-0.4, -0.2) is 18.4 Å². The maximum Gasteiger partial charge on any atom is 0.319 e. The molecule has 2 N–H and O–H groups in total. The van der Waals surface area contributed by atoms with Crippen molar-refractivity contribution in [1.29, 1.82) is 0 Å². The van der Waals surface area contributed by atoms with Gasteiger partial charge in [-0.05, 0) is 61.3 Å². The van der Waals surface area contributed by atoms with Crippen LogP contribution in [0.5, 0.6) is 0 Å². The van der Waals surface area contributed by atoms with Gasteiger partial charge in [-0.3, -0.25) is 4.79 Å². The summed E-state index contributed by atoms with van der Waals surface area (Å²) in [5, 5.41) is 5.87. The zero-order chi connectivity index (χ0) is 18.3. The predicted octanol–water partition coefficient (Wildman–Crippen LogP) is 4.82. The van der Waals surface area contributed by atoms with Gasteiger partial charge in [-0.1, -0.05) is 34.6 Å². The average molecular weight is 332 g/mol. The smallest absolute Gasteiger partial charge is 0.319 e. The fraction of sp³-hybridized carbons (Fsp3) is 0.600. The molecular weight excluding hydrogens is 300 g/mol. The summed E-state index contributed by atoms with van der Waals surface area (Å²) in [5.41, 5.74) is 3.57. The summed E-state index contributed by atoms with van der Waals surface area (Å²) in [6.07, 6.45) is 2.54. The van der Waals surface area contributed by atoms with Crippen molar-refractivity contribution >= 4 is 17.5 Å². The zero-order valence-electron chi connectivity index (χ0n) is 16.0. The number of aryl methyl sites for hydroxylation is 1. The number of urea groups is 1. The summed E-state index contributed by atoms with van der Waals surface area (Å²) in [4.78, 5) is 24.1. The first-order valence-corrected chi connectivity index (χ1v) is 8.96. The van der Waals surface area contributed by atoms with Gasteiger partial charge in [0.1, 0.15) is 0 Å². The first-order chi connectivity index (χ1) is 11.2. The quantitative estimate of drug-likeness (QED) is 0.671. The molecule has 0 saturated carbocycles. The summed E-state index contributed by atoms with van der Waals surface area (Å²) in [5.74, 6) is 1.08. The Balaban J connectivity index is 3.01. The molecule has 0 radical (unpaired) electrons. The number of hydrogen-bond donors (Lipinski definition) is 2. The number of amides is 2. The van der Waals surface area contributed by atoms with E-state index < -0.39 is 0 Å². The molecule has 0 aromatic heterocycles. The van der Waals surface area contributed by atoms with Crippen molar-refractivity contribution in [3.8, 4) is 0 Å². The largest absolute Gasteiger partial charge is 0.338 e. The van der Waals surface area contributed by atoms with Crippen molar-refractivity contribution in [3.63, 3.8) is 0 Å². The third-order valence-electron chi connectivity index (χ3n) is 3.97. The molecule has 0 aliphatic heterocycles. The lowest BCUT2D eigenvalue weighted by atomic mass is 9.93. The maximum atomic E-state index is 12.2. The van der Waals surface area contributed by atoms with E-state index in [1.807, 2.05) is 19.1 Å². The average Bonchev–Trinajstić information content (AvgIpc) is 2.47. The van der Waals surface area contributed by atoms with Gasteiger partial charge in [0.25, 0.3) is 0 Å². The summed E-state index contributed by atoms with van der Waals surface area (Å²) in [6, 6.07) is 3.72. The number of hydrogen-bond acceptors (Lipinski definition) is 2. The molecule has 1 rings (SSSR count). The van der Waals surface area contributed by atoms with E-state index in [9.17, 15) is 9.59 Å². The van der Waals surface area contributed by atoms with E-state index in [0.717, 1.165) is 41.6 Å². The lowest BCUT2D eigenvalue weighted by Crippen LogP contribution is -2.30. The van der Waals surface area contributed by atoms with E-state index in [1.165, 1.54) is 0 Å². The molecule has 0 fully saturated rings. The molecule has 1 aromatic carbocycles. The molecule has 0 spiro atoms. The normalized spacial score (nSPS) is 11.0. The molecule has 4 nitrogen and oxygen atoms in total. The van der Waals surface area contributed by atoms with Crippen LogP contribution in [0, 0.1) is 11.8 Å². The Hall–Kier alpha value is -1.84. The van der Waals surface area contributed by atoms with Gasteiger partial charge in [0, 0.05) is 17.8 Å². The molecule has 4 heteroatoms. The van der Waals surface area contributed by atoms with Crippen LogP contribution in [0.2, 0.25) is 0 Å². The van der Waals surface area contributed by atoms with Gasteiger partial charge in [-0.25, -0.2) is 4.79 Å². The Morgan fingerprint density at radius 2 is 1.71 bits per heavy atom. The lowest BCUT2D eigenvalue weighted by molar-refractivity contribution is 0.101. The summed E-state index contributed by atoms with van der Waals surface area (Å²) in [6.45, 7) is 12.8. The molecule has 2 amide bonds. The van der Waals surface area contributed by atoms with E-state index in [1.54, 1.807) is 6.92 Å². The Morgan fingerprint density at radius 1 is 1.04 bits per heavy atom. The Labute approximate surface area is 146 Å². The molecule has 0 atom stereocenters. The highest BCUT2D eigenvalue weighted by atomic mass is 16.2. The van der Waals surface area contributed by atoms with Crippen LogP contribution in [-0.2, 0) is 12.8 Å². The van der Waals surface area contributed by atoms with Crippen molar-refractivity contribution < 1.29 is 9.59 Å². The van der Waals surface area contributed by atoms with Gasteiger partial charge in [0.05, 0.1) is 0 Å². The van der Waals surface area contributed by atoms with Gasteiger partial charge in [0.2, 0.25) is 0 Å². The van der Waals surface area contributed by atoms with Crippen molar-refractivity contribution in [2.75, 3.05) is 11.9 Å². The van der Waals surface area contributed by atoms with Crippen LogP contribution in [0.3, 0.4) is 0 Å². The summed E-state index contributed by atoms with van der Waals surface area (Å²) in [7, 11) is 0. The molecule has 0 aliphatic rings. The van der Waals surface area contributed by atoms with Crippen LogP contribution in [0.4, 0.5) is 10.5 Å². The maximum absolute atomic E-state index is 12.2. The van der Waals surface area contributed by atoms with Crippen LogP contribution in [0.1, 0.15) is 69.4 Å². The molecular formula is C20H32N2O2. The number of Topliss-reactive ketones (excluding diaryl/α,β-unsaturated/α-hetero) is 1. The number of rotatable bonds is 8. The molecule has 24 heavy (non-hydrogen) atoms. The van der Waals surface area contributed by atoms with Crippen molar-refractivity contribution in [2.24, 2.45) is 11.8 Å². The Bertz CT molecular complexity index is 577. The molecule has 1 aromatic rings. The van der Waals surface area contributed by atoms with E-state index in [-0.39, 0.29) is 11.8 Å². The second-order valence-electron chi connectivity index (χ2n) is 7.24. The predicted molar refractivity (Wildman–Crippen MR) is 101 cm³/mol. The highest BCUT2D eigenvalue weighted by Gasteiger charge is 2.15. The van der Waals surface area contributed by atoms with Crippen LogP contribution < -0.4 is 10.6 Å². The van der Waals surface area contributed by atoms with Gasteiger partial charge in [-0.15, -0.1) is 0 Å². The molecule has 0 aliphatic carbocycles. The van der Waals surface area contributed by atoms with Crippen molar-refractivity contribution in [2.45, 2.75) is 60.8 Å². The molecule has 0 saturated heterocycles. The fourth-order valence-electron chi connectivity index (χ4n) is 2.68. The Morgan fingerprint density at radius 3 is 2.21 bits per heavy atom. The summed E-state index contributed by atoms with van der Waals surface area (Å²) < 4.78 is 0. The fourth-order valence-corrected chi connectivity index (χ4v) is 2.68. The van der Waals surface area contributed by atoms with Gasteiger partial charge >= 0.3 is 6.03 Å². The lowest BCUT2D eigenvalue weighted by Gasteiger charge is -2.17. The third-order valence-corrected chi connectivity index (χ3v) is 3.97. The number of carbonyl (C=O) groups is 2. The first-order valence-electron chi connectivity index (χ1n) is 8.96. The topological polar surface area (TPSA) is 58.2 Å². The van der Waals surface area contributed by atoms with Gasteiger partial charge in [-0.2, -0.15) is 0 Å². The molecule has 0 unspecified atom stereocenters. The molecule has 0 heterocycles. The number of nitrogens with one attached hydrogen (secondary N) is 2. The van der Waals surface area contributed by atoms with E-state index in [2.05, 4.69) is 38.3 Å². The van der Waals surface area contributed by atoms with E-state index in [0.29, 0.717) is 18.4 Å². The molecule has 134 valence electrons. The minimum atomic E-state index is -0.182. The SMILES string of the molecule is CCc1cc(NC(=O)NCCC(C)C)c(CC(C)C)cc1C(C)=O. The van der Waals surface area contributed by atoms with E-state index in [4.69, 9.17) is 0 Å². The van der Waals surface area contributed by atoms with Crippen molar-refractivity contribution in [1.82, 2.24) is 5.32 Å². The highest BCUT2D eigenvalue weighted by molar-refractivity contribution is 5.97. The molecule has 0 bridgehead atoms. The zero-order valence-corrected chi connectivity index (χ0v) is 16.0. The second-order valence-corrected chi connectivity index (χ2v) is 7.24. The summed E-state index contributed by atoms with van der Waals surface area (Å²) >= 11 is 0. The van der Waals surface area contributed by atoms with Crippen molar-refractivity contribution in [3.05, 3.63) is 28.8 Å². The minimum Gasteiger partial charge on any atom is -0.338 e. The second kappa shape index (κ2) is 9.45. The number of benzene rings is 1. The number of ketones is 1. The standard InChI is InChI=1S/C20H32N2O2/c1-7-16-12-19(22-20(24)21-9-8-13(2)3)17(10-14(4)5)11-18(16)15(6)23/h11-14H,7-10H2,1-6H3,(H2,21,22,24). The van der Waals surface area contributed by atoms with Crippen LogP contribution in [0.25, 0.3) is 0 Å². The van der Waals surface area contributed by atoms with Crippen LogP contribution in [0.15, 0.2) is 12.1 Å². The first kappa shape index (κ1) is 20.2. The van der Waals surface area contributed by atoms with E-state index >= 15 is 0 Å². The third kappa shape index (κ3) is 6.34. The minimum absolute atomic E-state index is 0.0739. The van der Waals surface area contributed by atoms with Gasteiger partial charge < -0.3 is 10.6 Å². The number of anilines is 1. The monoisotopic (exact) mass is 332 g/mol. The Kier molecular flexibility index (Phi) is 7.96. The highest BCUT2D eigenvalue weighted by Crippen LogP contribution is 2.25.